The molecule has 6 heteroatoms. The number of nitrogens with one attached hydrogen (secondary N) is 2. The molecule has 1 atom stereocenters. The zero-order valence-corrected chi connectivity index (χ0v) is 14.4. The molecule has 1 saturated carbocycles. The maximum Gasteiger partial charge on any atom is 0.322 e. The molecule has 5 nitrogen and oxygen atoms in total. The summed E-state index contributed by atoms with van der Waals surface area (Å²) in [4.78, 5) is 14.6. The van der Waals surface area contributed by atoms with Gasteiger partial charge in [-0.1, -0.05) is 24.1 Å². The summed E-state index contributed by atoms with van der Waals surface area (Å²) >= 11 is 6.00. The van der Waals surface area contributed by atoms with Crippen LogP contribution in [0.25, 0.3) is 0 Å². The number of aromatic nitrogens is 2. The van der Waals surface area contributed by atoms with Crippen LogP contribution in [-0.2, 0) is 13.0 Å². The zero-order chi connectivity index (χ0) is 16.7. The molecule has 1 aromatic heterocycles. The molecule has 0 radical (unpaired) electrons. The lowest BCUT2D eigenvalue weighted by atomic mass is 9.80. The molecule has 2 amide bonds. The van der Waals surface area contributed by atoms with E-state index in [9.17, 15) is 4.79 Å². The van der Waals surface area contributed by atoms with Crippen LogP contribution in [0, 0.1) is 0 Å². The van der Waals surface area contributed by atoms with Crippen molar-refractivity contribution in [3.8, 4) is 0 Å². The molecule has 0 saturated heterocycles. The normalized spacial score (nSPS) is 20.4. The Bertz CT molecular complexity index is 768. The molecule has 1 unspecified atom stereocenters. The van der Waals surface area contributed by atoms with Gasteiger partial charge in [-0.15, -0.1) is 0 Å². The van der Waals surface area contributed by atoms with Crippen molar-refractivity contribution in [1.82, 2.24) is 15.1 Å². The number of nitrogens with zero attached hydrogens (tertiary/aromatic N) is 2. The van der Waals surface area contributed by atoms with Gasteiger partial charge >= 0.3 is 6.03 Å². The maximum absolute atomic E-state index is 12.7. The van der Waals surface area contributed by atoms with E-state index >= 15 is 0 Å². The van der Waals surface area contributed by atoms with Crippen LogP contribution >= 0.6 is 11.6 Å². The minimum Gasteiger partial charge on any atom is -0.317 e. The first-order valence-corrected chi connectivity index (χ1v) is 8.89. The molecule has 1 fully saturated rings. The number of hydrogen-bond acceptors (Lipinski definition) is 2. The van der Waals surface area contributed by atoms with E-state index in [1.807, 2.05) is 17.0 Å². The summed E-state index contributed by atoms with van der Waals surface area (Å²) in [7, 11) is 0. The highest BCUT2D eigenvalue weighted by molar-refractivity contribution is 6.30. The number of anilines is 1. The second-order valence-electron chi connectivity index (χ2n) is 6.82. The number of halogens is 1. The van der Waals surface area contributed by atoms with Crippen molar-refractivity contribution in [2.75, 3.05) is 5.32 Å². The van der Waals surface area contributed by atoms with Gasteiger partial charge in [-0.2, -0.15) is 5.10 Å². The molecular formula is C18H21ClN4O. The van der Waals surface area contributed by atoms with E-state index in [4.69, 9.17) is 11.6 Å². The van der Waals surface area contributed by atoms with Gasteiger partial charge in [-0.05, 0) is 38.0 Å². The van der Waals surface area contributed by atoms with Crippen molar-refractivity contribution in [2.45, 2.75) is 51.1 Å². The lowest BCUT2D eigenvalue weighted by molar-refractivity contribution is 0.181. The van der Waals surface area contributed by atoms with E-state index < -0.39 is 0 Å². The van der Waals surface area contributed by atoms with Crippen molar-refractivity contribution in [3.63, 3.8) is 0 Å². The third-order valence-electron chi connectivity index (χ3n) is 5.17. The summed E-state index contributed by atoms with van der Waals surface area (Å²) in [6.07, 6.45) is 4.52. The van der Waals surface area contributed by atoms with Crippen molar-refractivity contribution in [3.05, 3.63) is 46.2 Å². The number of hydrogen-bond donors (Lipinski definition) is 2. The number of benzene rings is 1. The van der Waals surface area contributed by atoms with Crippen molar-refractivity contribution in [2.24, 2.45) is 0 Å². The van der Waals surface area contributed by atoms with Crippen molar-refractivity contribution in [1.29, 1.82) is 0 Å². The van der Waals surface area contributed by atoms with Crippen LogP contribution in [-0.4, -0.2) is 27.2 Å². The van der Waals surface area contributed by atoms with E-state index in [0.717, 1.165) is 12.1 Å². The SMILES string of the molecule is CC1Cc2[nH]nc(C3CCC3)c2CN1C(=O)Nc1cccc(Cl)c1. The van der Waals surface area contributed by atoms with Crippen LogP contribution in [0.3, 0.4) is 0 Å². The molecule has 2 aliphatic rings. The molecule has 4 rings (SSSR count). The van der Waals surface area contributed by atoms with Crippen LogP contribution in [0.4, 0.5) is 10.5 Å². The van der Waals surface area contributed by atoms with Gasteiger partial charge in [0.05, 0.1) is 12.2 Å². The lowest BCUT2D eigenvalue weighted by Gasteiger charge is -2.34. The number of urea groups is 1. The first-order valence-electron chi connectivity index (χ1n) is 8.51. The van der Waals surface area contributed by atoms with E-state index in [0.29, 0.717) is 17.5 Å². The van der Waals surface area contributed by atoms with Crippen LogP contribution in [0.2, 0.25) is 5.02 Å². The fraction of sp³-hybridized carbons (Fsp3) is 0.444. The summed E-state index contributed by atoms with van der Waals surface area (Å²) in [5.74, 6) is 0.566. The second-order valence-corrected chi connectivity index (χ2v) is 7.25. The third kappa shape index (κ3) is 2.77. The number of carbonyl (C=O) groups is 1. The van der Waals surface area contributed by atoms with Crippen LogP contribution in [0.5, 0.6) is 0 Å². The fourth-order valence-corrected chi connectivity index (χ4v) is 3.74. The summed E-state index contributed by atoms with van der Waals surface area (Å²) < 4.78 is 0. The first kappa shape index (κ1) is 15.5. The minimum atomic E-state index is -0.0869. The molecule has 1 aliphatic carbocycles. The predicted molar refractivity (Wildman–Crippen MR) is 94.4 cm³/mol. The Morgan fingerprint density at radius 1 is 1.42 bits per heavy atom. The van der Waals surface area contributed by atoms with Gasteiger partial charge < -0.3 is 10.2 Å². The third-order valence-corrected chi connectivity index (χ3v) is 5.41. The van der Waals surface area contributed by atoms with Crippen LogP contribution in [0.15, 0.2) is 24.3 Å². The molecule has 24 heavy (non-hydrogen) atoms. The maximum atomic E-state index is 12.7. The fourth-order valence-electron chi connectivity index (χ4n) is 3.55. The van der Waals surface area contributed by atoms with E-state index in [-0.39, 0.29) is 12.1 Å². The van der Waals surface area contributed by atoms with Gasteiger partial charge in [0.2, 0.25) is 0 Å². The quantitative estimate of drug-likeness (QED) is 0.852. The van der Waals surface area contributed by atoms with E-state index in [1.54, 1.807) is 12.1 Å². The number of amides is 2. The number of fused-ring (bicyclic) bond motifs is 1. The highest BCUT2D eigenvalue weighted by atomic mass is 35.5. The van der Waals surface area contributed by atoms with Gasteiger partial charge in [0.25, 0.3) is 0 Å². The van der Waals surface area contributed by atoms with E-state index in [1.165, 1.54) is 36.2 Å². The molecule has 2 N–H and O–H groups in total. The highest BCUT2D eigenvalue weighted by Crippen LogP contribution is 2.39. The molecular weight excluding hydrogens is 324 g/mol. The largest absolute Gasteiger partial charge is 0.322 e. The molecule has 0 spiro atoms. The van der Waals surface area contributed by atoms with Gasteiger partial charge in [0.1, 0.15) is 0 Å². The zero-order valence-electron chi connectivity index (χ0n) is 13.7. The number of carbonyl (C=O) groups excluding carboxylic acids is 1. The Labute approximate surface area is 146 Å². The Kier molecular flexibility index (Phi) is 3.96. The molecule has 0 bridgehead atoms. The van der Waals surface area contributed by atoms with Gasteiger partial charge in [0.15, 0.2) is 0 Å². The van der Waals surface area contributed by atoms with Gasteiger partial charge in [-0.25, -0.2) is 4.79 Å². The van der Waals surface area contributed by atoms with Gasteiger partial charge in [-0.3, -0.25) is 5.10 Å². The molecule has 126 valence electrons. The molecule has 2 heterocycles. The Hall–Kier alpha value is -2.01. The summed E-state index contributed by atoms with van der Waals surface area (Å²) in [6, 6.07) is 7.28. The Morgan fingerprint density at radius 3 is 2.96 bits per heavy atom. The van der Waals surface area contributed by atoms with E-state index in [2.05, 4.69) is 22.4 Å². The number of rotatable bonds is 2. The average molecular weight is 345 g/mol. The lowest BCUT2D eigenvalue weighted by Crippen LogP contribution is -2.45. The second kappa shape index (κ2) is 6.13. The number of aromatic amines is 1. The van der Waals surface area contributed by atoms with Crippen LogP contribution in [0.1, 0.15) is 49.1 Å². The van der Waals surface area contributed by atoms with Gasteiger partial charge in [0, 0.05) is 40.3 Å². The summed E-state index contributed by atoms with van der Waals surface area (Å²) in [5.41, 5.74) is 4.30. The van der Waals surface area contributed by atoms with Crippen LogP contribution < -0.4 is 5.32 Å². The summed E-state index contributed by atoms with van der Waals surface area (Å²) in [6.45, 7) is 2.69. The standard InChI is InChI=1S/C18H21ClN4O/c1-11-8-16-15(17(22-21-16)12-4-2-5-12)10-23(11)18(24)20-14-7-3-6-13(19)9-14/h3,6-7,9,11-12H,2,4-5,8,10H2,1H3,(H,20,24)(H,21,22). The van der Waals surface area contributed by atoms with Crippen molar-refractivity contribution >= 4 is 23.3 Å². The summed E-state index contributed by atoms with van der Waals surface area (Å²) in [5, 5.41) is 11.3. The topological polar surface area (TPSA) is 61.0 Å². The monoisotopic (exact) mass is 344 g/mol. The first-order chi connectivity index (χ1) is 11.6. The highest BCUT2D eigenvalue weighted by Gasteiger charge is 2.33. The Morgan fingerprint density at radius 2 is 2.25 bits per heavy atom. The number of H-pyrrole nitrogens is 1. The van der Waals surface area contributed by atoms with Crippen molar-refractivity contribution < 1.29 is 4.79 Å². The minimum absolute atomic E-state index is 0.0869. The molecule has 2 aromatic rings. The Balaban J connectivity index is 1.53. The molecule has 1 aromatic carbocycles. The predicted octanol–water partition coefficient (Wildman–Crippen LogP) is 4.31. The smallest absolute Gasteiger partial charge is 0.317 e. The molecule has 1 aliphatic heterocycles. The average Bonchev–Trinajstić information content (AvgIpc) is 2.87.